The summed E-state index contributed by atoms with van der Waals surface area (Å²) in [5.74, 6) is -0.872. The average Bonchev–Trinajstić information content (AvgIpc) is 3.18. The van der Waals surface area contributed by atoms with Crippen LogP contribution >= 0.6 is 0 Å². The maximum Gasteiger partial charge on any atom is 0.305 e. The van der Waals surface area contributed by atoms with Gasteiger partial charge in [-0.15, -0.1) is 0 Å². The zero-order chi connectivity index (χ0) is 39.6. The Hall–Kier alpha value is -1.01. The van der Waals surface area contributed by atoms with Crippen molar-refractivity contribution in [1.82, 2.24) is 0 Å². The molecule has 0 radical (unpaired) electrons. The van der Waals surface area contributed by atoms with Crippen LogP contribution in [0.4, 0.5) is 0 Å². The smallest absolute Gasteiger partial charge is 0.305 e. The first-order chi connectivity index (χ1) is 27.3. The SMILES string of the molecule is CCCCCCCCCCCCCCCCOCCOCCOCCOCCOCCOCCOCCOCCOCCOCCOCCOCCC(=O)O. The number of carboxylic acid groups (broad SMARTS) is 1. The number of ether oxygens (including phenoxy) is 12. The van der Waals surface area contributed by atoms with E-state index in [9.17, 15) is 4.79 Å². The van der Waals surface area contributed by atoms with E-state index in [1.807, 2.05) is 0 Å². The molecule has 0 saturated carbocycles. The van der Waals surface area contributed by atoms with Crippen LogP contribution < -0.4 is 0 Å². The Balaban J connectivity index is 3.06. The van der Waals surface area contributed by atoms with Crippen molar-refractivity contribution in [3.05, 3.63) is 0 Å². The van der Waals surface area contributed by atoms with Crippen LogP contribution in [0.1, 0.15) is 103 Å². The number of carbonyl (C=O) groups is 1. The van der Waals surface area contributed by atoms with Crippen LogP contribution in [0.5, 0.6) is 0 Å². The fourth-order valence-corrected chi connectivity index (χ4v) is 5.08. The fourth-order valence-electron chi connectivity index (χ4n) is 5.08. The van der Waals surface area contributed by atoms with Crippen LogP contribution in [-0.4, -0.2) is 170 Å². The van der Waals surface area contributed by atoms with Crippen molar-refractivity contribution < 1.29 is 66.7 Å². The third-order valence-corrected chi connectivity index (χ3v) is 8.19. The summed E-state index contributed by atoms with van der Waals surface area (Å²) >= 11 is 0. The van der Waals surface area contributed by atoms with E-state index in [-0.39, 0.29) is 13.0 Å². The van der Waals surface area contributed by atoms with Gasteiger partial charge in [-0.1, -0.05) is 90.4 Å². The predicted molar refractivity (Wildman–Crippen MR) is 212 cm³/mol. The highest BCUT2D eigenvalue weighted by molar-refractivity contribution is 5.66. The summed E-state index contributed by atoms with van der Waals surface area (Å²) in [5.41, 5.74) is 0. The van der Waals surface area contributed by atoms with Crippen LogP contribution in [0.2, 0.25) is 0 Å². The molecule has 0 rings (SSSR count). The highest BCUT2D eigenvalue weighted by atomic mass is 16.6. The molecule has 0 aliphatic heterocycles. The van der Waals surface area contributed by atoms with Crippen molar-refractivity contribution in [2.75, 3.05) is 159 Å². The topological polar surface area (TPSA) is 148 Å². The largest absolute Gasteiger partial charge is 0.481 e. The molecule has 0 aromatic carbocycles. The van der Waals surface area contributed by atoms with Gasteiger partial charge in [0.1, 0.15) is 0 Å². The maximum absolute atomic E-state index is 10.4. The summed E-state index contributed by atoms with van der Waals surface area (Å²) < 4.78 is 65.6. The summed E-state index contributed by atoms with van der Waals surface area (Å²) in [6.45, 7) is 14.4. The first-order valence-electron chi connectivity index (χ1n) is 21.4. The van der Waals surface area contributed by atoms with Crippen molar-refractivity contribution in [3.8, 4) is 0 Å². The first-order valence-corrected chi connectivity index (χ1v) is 21.4. The van der Waals surface area contributed by atoms with Crippen molar-refractivity contribution >= 4 is 5.97 Å². The molecule has 0 amide bonds. The van der Waals surface area contributed by atoms with Gasteiger partial charge < -0.3 is 61.9 Å². The molecule has 14 nitrogen and oxygen atoms in total. The van der Waals surface area contributed by atoms with Gasteiger partial charge in [0.2, 0.25) is 0 Å². The second-order valence-electron chi connectivity index (χ2n) is 13.1. The van der Waals surface area contributed by atoms with Crippen molar-refractivity contribution in [3.63, 3.8) is 0 Å². The second-order valence-corrected chi connectivity index (χ2v) is 13.1. The zero-order valence-corrected chi connectivity index (χ0v) is 34.8. The Morgan fingerprint density at radius 1 is 0.273 bits per heavy atom. The zero-order valence-electron chi connectivity index (χ0n) is 34.8. The van der Waals surface area contributed by atoms with E-state index in [4.69, 9.17) is 61.9 Å². The quantitative estimate of drug-likeness (QED) is 0.0703. The molecule has 330 valence electrons. The lowest BCUT2D eigenvalue weighted by molar-refractivity contribution is -0.138. The normalized spacial score (nSPS) is 11.6. The van der Waals surface area contributed by atoms with Gasteiger partial charge in [0, 0.05) is 6.61 Å². The fraction of sp³-hybridized carbons (Fsp3) is 0.976. The number of carboxylic acids is 1. The molecule has 0 saturated heterocycles. The molecule has 0 aliphatic carbocycles. The Kier molecular flexibility index (Phi) is 50.1. The Morgan fingerprint density at radius 3 is 0.673 bits per heavy atom. The van der Waals surface area contributed by atoms with Gasteiger partial charge in [0.25, 0.3) is 0 Å². The molecule has 0 aromatic heterocycles. The Bertz CT molecular complexity index is 706. The number of unbranched alkanes of at least 4 members (excludes halogenated alkanes) is 13. The molecule has 14 heteroatoms. The third-order valence-electron chi connectivity index (χ3n) is 8.19. The first kappa shape index (κ1) is 54.0. The lowest BCUT2D eigenvalue weighted by Crippen LogP contribution is -2.15. The van der Waals surface area contributed by atoms with Crippen LogP contribution in [0.25, 0.3) is 0 Å². The van der Waals surface area contributed by atoms with E-state index in [1.54, 1.807) is 0 Å². The summed E-state index contributed by atoms with van der Waals surface area (Å²) in [5, 5.41) is 8.50. The molecule has 0 bridgehead atoms. The van der Waals surface area contributed by atoms with Crippen molar-refractivity contribution in [1.29, 1.82) is 0 Å². The van der Waals surface area contributed by atoms with Gasteiger partial charge in [-0.2, -0.15) is 0 Å². The molecule has 0 aromatic rings. The Morgan fingerprint density at radius 2 is 0.455 bits per heavy atom. The minimum Gasteiger partial charge on any atom is -0.481 e. The molecule has 0 atom stereocenters. The maximum atomic E-state index is 10.4. The number of hydrogen-bond donors (Lipinski definition) is 1. The summed E-state index contributed by atoms with van der Waals surface area (Å²) in [6.07, 6.45) is 19.2. The summed E-state index contributed by atoms with van der Waals surface area (Å²) in [4.78, 5) is 10.4. The second kappa shape index (κ2) is 51.0. The van der Waals surface area contributed by atoms with Gasteiger partial charge in [0.15, 0.2) is 0 Å². The monoisotopic (exact) mass is 799 g/mol. The minimum atomic E-state index is -0.872. The van der Waals surface area contributed by atoms with Gasteiger partial charge in [-0.05, 0) is 6.42 Å². The standard InChI is InChI=1S/C41H82O14/c1-2-3-4-5-6-7-8-9-10-11-12-13-14-15-17-44-19-21-46-23-25-48-27-29-50-31-33-52-35-37-54-39-40-55-38-36-53-34-32-51-30-28-49-26-24-47-22-20-45-18-16-41(42)43/h2-40H2,1H3,(H,42,43). The molecule has 0 fully saturated rings. The van der Waals surface area contributed by atoms with Gasteiger partial charge in [-0.3, -0.25) is 4.79 Å². The highest BCUT2D eigenvalue weighted by Gasteiger charge is 1.99. The summed E-state index contributed by atoms with van der Waals surface area (Å²) in [6, 6.07) is 0. The van der Waals surface area contributed by atoms with E-state index in [1.165, 1.54) is 83.5 Å². The minimum absolute atomic E-state index is 0.000735. The van der Waals surface area contributed by atoms with E-state index in [2.05, 4.69) is 6.92 Å². The molecular weight excluding hydrogens is 716 g/mol. The molecule has 0 unspecified atom stereocenters. The van der Waals surface area contributed by atoms with Gasteiger partial charge >= 0.3 is 5.97 Å². The average molecular weight is 799 g/mol. The number of hydrogen-bond acceptors (Lipinski definition) is 13. The van der Waals surface area contributed by atoms with Crippen LogP contribution in [0.3, 0.4) is 0 Å². The third kappa shape index (κ3) is 53.0. The lowest BCUT2D eigenvalue weighted by Gasteiger charge is -2.09. The van der Waals surface area contributed by atoms with Crippen molar-refractivity contribution in [2.45, 2.75) is 103 Å². The van der Waals surface area contributed by atoms with E-state index in [0.717, 1.165) is 13.0 Å². The van der Waals surface area contributed by atoms with E-state index in [0.29, 0.717) is 145 Å². The predicted octanol–water partition coefficient (Wildman–Crippen LogP) is 6.14. The van der Waals surface area contributed by atoms with Crippen molar-refractivity contribution in [2.24, 2.45) is 0 Å². The molecule has 55 heavy (non-hydrogen) atoms. The lowest BCUT2D eigenvalue weighted by atomic mass is 10.0. The van der Waals surface area contributed by atoms with Gasteiger partial charge in [-0.25, -0.2) is 0 Å². The molecular formula is C41H82O14. The van der Waals surface area contributed by atoms with Crippen LogP contribution in [0, 0.1) is 0 Å². The molecule has 0 heterocycles. The van der Waals surface area contributed by atoms with E-state index < -0.39 is 5.97 Å². The molecule has 1 N–H and O–H groups in total. The summed E-state index contributed by atoms with van der Waals surface area (Å²) in [7, 11) is 0. The molecule has 0 aliphatic rings. The molecule has 0 spiro atoms. The van der Waals surface area contributed by atoms with Gasteiger partial charge in [0.05, 0.1) is 158 Å². The van der Waals surface area contributed by atoms with E-state index >= 15 is 0 Å². The number of rotatable bonds is 51. The van der Waals surface area contributed by atoms with Crippen LogP contribution in [-0.2, 0) is 61.6 Å². The Labute approximate surface area is 334 Å². The van der Waals surface area contributed by atoms with Crippen LogP contribution in [0.15, 0.2) is 0 Å². The number of aliphatic carboxylic acids is 1. The highest BCUT2D eigenvalue weighted by Crippen LogP contribution is 2.13.